The van der Waals surface area contributed by atoms with Crippen LogP contribution in [-0.2, 0) is 9.47 Å². The summed E-state index contributed by atoms with van der Waals surface area (Å²) in [4.78, 5) is 15.1. The van der Waals surface area contributed by atoms with E-state index in [1.165, 1.54) is 6.33 Å². The molecule has 17 heavy (non-hydrogen) atoms. The van der Waals surface area contributed by atoms with Crippen LogP contribution in [0.1, 0.15) is 23.5 Å². The number of methoxy groups -OCH3 is 1. The molecule has 0 fully saturated rings. The molecule has 0 radical (unpaired) electrons. The third-order valence-corrected chi connectivity index (χ3v) is 2.06. The van der Waals surface area contributed by atoms with Crippen molar-refractivity contribution in [3.63, 3.8) is 0 Å². The van der Waals surface area contributed by atoms with E-state index in [9.17, 15) is 4.79 Å². The summed E-state index contributed by atoms with van der Waals surface area (Å²) >= 11 is 0. The molecule has 0 aliphatic carbocycles. The van der Waals surface area contributed by atoms with Gasteiger partial charge in [-0.2, -0.15) is 5.10 Å². The molecule has 1 rings (SSSR count). The molecule has 0 unspecified atom stereocenters. The number of carbonyl (C=O) groups excluding carboxylic acids is 1. The minimum absolute atomic E-state index is 0.234. The van der Waals surface area contributed by atoms with Gasteiger partial charge in [0.15, 0.2) is 0 Å². The summed E-state index contributed by atoms with van der Waals surface area (Å²) < 4.78 is 10.1. The average molecular weight is 242 g/mol. The van der Waals surface area contributed by atoms with Gasteiger partial charge in [-0.25, -0.2) is 4.98 Å². The highest BCUT2D eigenvalue weighted by Crippen LogP contribution is 1.90. The Morgan fingerprint density at radius 3 is 3.00 bits per heavy atom. The van der Waals surface area contributed by atoms with E-state index in [0.717, 1.165) is 12.8 Å². The third-order valence-electron chi connectivity index (χ3n) is 2.06. The number of carbonyl (C=O) groups is 1. The quantitative estimate of drug-likeness (QED) is 0.594. The number of H-pyrrole nitrogens is 1. The van der Waals surface area contributed by atoms with E-state index in [2.05, 4.69) is 20.5 Å². The Bertz CT molecular complexity index is 303. The number of rotatable bonds is 9. The second kappa shape index (κ2) is 8.66. The minimum atomic E-state index is -0.234. The van der Waals surface area contributed by atoms with E-state index in [1.807, 2.05) is 0 Å². The van der Waals surface area contributed by atoms with E-state index in [-0.39, 0.29) is 11.7 Å². The van der Waals surface area contributed by atoms with Gasteiger partial charge in [-0.15, -0.1) is 0 Å². The number of amides is 1. The van der Waals surface area contributed by atoms with Crippen molar-refractivity contribution in [2.45, 2.75) is 12.8 Å². The highest BCUT2D eigenvalue weighted by molar-refractivity contribution is 5.90. The fourth-order valence-electron chi connectivity index (χ4n) is 1.17. The Morgan fingerprint density at radius 2 is 2.29 bits per heavy atom. The number of nitrogens with one attached hydrogen (secondary N) is 2. The van der Waals surface area contributed by atoms with Crippen LogP contribution in [0.4, 0.5) is 0 Å². The predicted octanol–water partition coefficient (Wildman–Crippen LogP) is -0.0223. The molecule has 0 saturated carbocycles. The Labute approximate surface area is 99.9 Å². The van der Waals surface area contributed by atoms with E-state index < -0.39 is 0 Å². The normalized spacial score (nSPS) is 10.4. The molecular formula is C10H18N4O3. The summed E-state index contributed by atoms with van der Waals surface area (Å²) in [6, 6.07) is 0. The van der Waals surface area contributed by atoms with Crippen LogP contribution >= 0.6 is 0 Å². The van der Waals surface area contributed by atoms with Crippen LogP contribution in [-0.4, -0.2) is 54.6 Å². The van der Waals surface area contributed by atoms with E-state index in [1.54, 1.807) is 7.11 Å². The van der Waals surface area contributed by atoms with Crippen molar-refractivity contribution in [3.8, 4) is 0 Å². The first kappa shape index (κ1) is 13.6. The molecule has 1 aromatic heterocycles. The van der Waals surface area contributed by atoms with Gasteiger partial charge in [0.2, 0.25) is 5.82 Å². The molecule has 0 bridgehead atoms. The standard InChI is InChI=1S/C10H18N4O3/c1-16-6-7-17-5-3-2-4-11-10(15)9-12-8-13-14-9/h8H,2-7H2,1H3,(H,11,15)(H,12,13,14). The molecule has 7 nitrogen and oxygen atoms in total. The number of nitrogens with zero attached hydrogens (tertiary/aromatic N) is 2. The van der Waals surface area contributed by atoms with Gasteiger partial charge in [-0.1, -0.05) is 0 Å². The first-order valence-electron chi connectivity index (χ1n) is 5.55. The fraction of sp³-hybridized carbons (Fsp3) is 0.700. The van der Waals surface area contributed by atoms with E-state index in [0.29, 0.717) is 26.4 Å². The second-order valence-electron chi connectivity index (χ2n) is 3.40. The van der Waals surface area contributed by atoms with Crippen LogP contribution in [0.5, 0.6) is 0 Å². The molecule has 0 atom stereocenters. The lowest BCUT2D eigenvalue weighted by Crippen LogP contribution is -2.25. The molecule has 0 aromatic carbocycles. The smallest absolute Gasteiger partial charge is 0.288 e. The number of unbranched alkanes of at least 4 members (excludes halogenated alkanes) is 1. The maximum atomic E-state index is 11.4. The summed E-state index contributed by atoms with van der Waals surface area (Å²) in [6.45, 7) is 2.51. The van der Waals surface area contributed by atoms with Gasteiger partial charge in [-0.3, -0.25) is 9.89 Å². The number of aromatic amines is 1. The van der Waals surface area contributed by atoms with Gasteiger partial charge < -0.3 is 14.8 Å². The highest BCUT2D eigenvalue weighted by atomic mass is 16.5. The molecule has 1 amide bonds. The highest BCUT2D eigenvalue weighted by Gasteiger charge is 2.06. The molecule has 1 heterocycles. The van der Waals surface area contributed by atoms with Gasteiger partial charge in [0.05, 0.1) is 13.2 Å². The summed E-state index contributed by atoms with van der Waals surface area (Å²) in [5, 5.41) is 8.84. The van der Waals surface area contributed by atoms with E-state index in [4.69, 9.17) is 9.47 Å². The fourth-order valence-corrected chi connectivity index (χ4v) is 1.17. The SMILES string of the molecule is COCCOCCCCNC(=O)c1ncn[nH]1. The average Bonchev–Trinajstić information content (AvgIpc) is 2.86. The maximum Gasteiger partial charge on any atom is 0.288 e. The van der Waals surface area contributed by atoms with Crippen molar-refractivity contribution in [1.82, 2.24) is 20.5 Å². The summed E-state index contributed by atoms with van der Waals surface area (Å²) in [5.41, 5.74) is 0. The summed E-state index contributed by atoms with van der Waals surface area (Å²) in [7, 11) is 1.64. The Morgan fingerprint density at radius 1 is 1.41 bits per heavy atom. The largest absolute Gasteiger partial charge is 0.382 e. The lowest BCUT2D eigenvalue weighted by atomic mass is 10.3. The first-order chi connectivity index (χ1) is 8.34. The van der Waals surface area contributed by atoms with E-state index >= 15 is 0 Å². The van der Waals surface area contributed by atoms with Gasteiger partial charge in [-0.05, 0) is 12.8 Å². The third kappa shape index (κ3) is 5.98. The zero-order valence-corrected chi connectivity index (χ0v) is 9.94. The lowest BCUT2D eigenvalue weighted by Gasteiger charge is -2.04. The predicted molar refractivity (Wildman–Crippen MR) is 60.6 cm³/mol. The number of hydrogen-bond acceptors (Lipinski definition) is 5. The molecular weight excluding hydrogens is 224 g/mol. The molecule has 0 aliphatic heterocycles. The molecule has 0 aliphatic rings. The van der Waals surface area contributed by atoms with Crippen molar-refractivity contribution < 1.29 is 14.3 Å². The topological polar surface area (TPSA) is 89.1 Å². The monoisotopic (exact) mass is 242 g/mol. The van der Waals surface area contributed by atoms with Gasteiger partial charge >= 0.3 is 0 Å². The Hall–Kier alpha value is -1.47. The number of hydrogen-bond donors (Lipinski definition) is 2. The molecule has 0 spiro atoms. The Kier molecular flexibility index (Phi) is 6.92. The van der Waals surface area contributed by atoms with Crippen molar-refractivity contribution >= 4 is 5.91 Å². The maximum absolute atomic E-state index is 11.4. The second-order valence-corrected chi connectivity index (χ2v) is 3.40. The zero-order chi connectivity index (χ0) is 12.3. The number of aromatic nitrogens is 3. The lowest BCUT2D eigenvalue weighted by molar-refractivity contribution is 0.0686. The van der Waals surface area contributed by atoms with Crippen molar-refractivity contribution in [1.29, 1.82) is 0 Å². The first-order valence-corrected chi connectivity index (χ1v) is 5.55. The van der Waals surface area contributed by atoms with Crippen LogP contribution in [0, 0.1) is 0 Å². The van der Waals surface area contributed by atoms with Crippen molar-refractivity contribution in [2.24, 2.45) is 0 Å². The van der Waals surface area contributed by atoms with Crippen LogP contribution in [0.2, 0.25) is 0 Å². The number of ether oxygens (including phenoxy) is 2. The molecule has 7 heteroatoms. The van der Waals surface area contributed by atoms with Crippen LogP contribution in [0.3, 0.4) is 0 Å². The van der Waals surface area contributed by atoms with Crippen molar-refractivity contribution in [2.75, 3.05) is 33.5 Å². The Balaban J connectivity index is 1.92. The zero-order valence-electron chi connectivity index (χ0n) is 9.94. The molecule has 0 saturated heterocycles. The van der Waals surface area contributed by atoms with Gasteiger partial charge in [0.25, 0.3) is 5.91 Å². The summed E-state index contributed by atoms with van der Waals surface area (Å²) in [6.07, 6.45) is 3.08. The molecule has 2 N–H and O–H groups in total. The van der Waals surface area contributed by atoms with Crippen LogP contribution in [0.15, 0.2) is 6.33 Å². The molecule has 1 aromatic rings. The van der Waals surface area contributed by atoms with Crippen LogP contribution < -0.4 is 5.32 Å². The molecule has 96 valence electrons. The van der Waals surface area contributed by atoms with Gasteiger partial charge in [0.1, 0.15) is 6.33 Å². The van der Waals surface area contributed by atoms with Crippen LogP contribution in [0.25, 0.3) is 0 Å². The minimum Gasteiger partial charge on any atom is -0.382 e. The van der Waals surface area contributed by atoms with Gasteiger partial charge in [0, 0.05) is 20.3 Å². The van der Waals surface area contributed by atoms with Crippen molar-refractivity contribution in [3.05, 3.63) is 12.2 Å². The summed E-state index contributed by atoms with van der Waals surface area (Å²) in [5.74, 6) is 0.00384.